The van der Waals surface area contributed by atoms with E-state index in [0.717, 1.165) is 33.7 Å². The van der Waals surface area contributed by atoms with Gasteiger partial charge in [0.05, 0.1) is 0 Å². The first kappa shape index (κ1) is 18.7. The van der Waals surface area contributed by atoms with Gasteiger partial charge in [0.25, 0.3) is 5.91 Å². The van der Waals surface area contributed by atoms with Crippen molar-refractivity contribution in [2.45, 2.75) is 27.7 Å². The molecule has 3 N–H and O–H groups in total. The zero-order valence-electron chi connectivity index (χ0n) is 14.9. The molecule has 5 nitrogen and oxygen atoms in total. The molecule has 0 aromatic heterocycles. The van der Waals surface area contributed by atoms with Crippen LogP contribution in [0.25, 0.3) is 0 Å². The third kappa shape index (κ3) is 5.76. The van der Waals surface area contributed by atoms with Crippen molar-refractivity contribution in [1.82, 2.24) is 10.9 Å². The molecule has 0 saturated heterocycles. The van der Waals surface area contributed by atoms with Crippen LogP contribution in [-0.4, -0.2) is 17.6 Å². The average Bonchev–Trinajstić information content (AvgIpc) is 2.51. The number of hydrogen-bond donors (Lipinski definition) is 3. The lowest BCUT2D eigenvalue weighted by molar-refractivity contribution is -0.123. The van der Waals surface area contributed by atoms with E-state index in [-0.39, 0.29) is 12.5 Å². The van der Waals surface area contributed by atoms with Gasteiger partial charge in [-0.2, -0.15) is 0 Å². The smallest absolute Gasteiger partial charge is 0.276 e. The van der Waals surface area contributed by atoms with Crippen molar-refractivity contribution in [3.63, 3.8) is 0 Å². The number of amides is 1. The maximum atomic E-state index is 11.9. The van der Waals surface area contributed by atoms with Crippen LogP contribution in [0.1, 0.15) is 22.3 Å². The second kappa shape index (κ2) is 8.48. The molecule has 0 aliphatic carbocycles. The zero-order valence-corrected chi connectivity index (χ0v) is 15.7. The van der Waals surface area contributed by atoms with Crippen LogP contribution in [0.3, 0.4) is 0 Å². The molecule has 0 atom stereocenters. The fourth-order valence-corrected chi connectivity index (χ4v) is 2.71. The summed E-state index contributed by atoms with van der Waals surface area (Å²) in [5.74, 6) is 0.417. The normalized spacial score (nSPS) is 10.1. The zero-order chi connectivity index (χ0) is 18.4. The molecule has 0 fully saturated rings. The minimum atomic E-state index is -0.313. The molecule has 0 radical (unpaired) electrons. The Morgan fingerprint density at radius 1 is 1.00 bits per heavy atom. The number of carbonyl (C=O) groups excluding carboxylic acids is 1. The summed E-state index contributed by atoms with van der Waals surface area (Å²) >= 11 is 5.18. The number of carbonyl (C=O) groups is 1. The molecule has 0 aliphatic rings. The van der Waals surface area contributed by atoms with Gasteiger partial charge in [-0.25, -0.2) is 0 Å². The van der Waals surface area contributed by atoms with Gasteiger partial charge in [0.2, 0.25) is 0 Å². The molecule has 0 aliphatic heterocycles. The summed E-state index contributed by atoms with van der Waals surface area (Å²) in [5.41, 5.74) is 10.3. The van der Waals surface area contributed by atoms with E-state index in [9.17, 15) is 4.79 Å². The molecule has 1 amide bonds. The fourth-order valence-electron chi connectivity index (χ4n) is 2.54. The van der Waals surface area contributed by atoms with Crippen molar-refractivity contribution in [3.05, 3.63) is 58.7 Å². The molecule has 2 rings (SSSR count). The summed E-state index contributed by atoms with van der Waals surface area (Å²) in [6, 6.07) is 11.9. The molecule has 6 heteroatoms. The van der Waals surface area contributed by atoms with Crippen molar-refractivity contribution in [3.8, 4) is 5.75 Å². The molecular formula is C19H23N3O2S. The van der Waals surface area contributed by atoms with Crippen molar-refractivity contribution in [2.24, 2.45) is 0 Å². The van der Waals surface area contributed by atoms with Gasteiger partial charge >= 0.3 is 0 Å². The first-order valence-electron chi connectivity index (χ1n) is 7.98. The predicted octanol–water partition coefficient (Wildman–Crippen LogP) is 3.32. The molecule has 2 aromatic rings. The van der Waals surface area contributed by atoms with E-state index in [4.69, 9.17) is 17.0 Å². The van der Waals surface area contributed by atoms with Crippen molar-refractivity contribution >= 4 is 28.9 Å². The third-order valence-electron chi connectivity index (χ3n) is 3.55. The second-order valence-corrected chi connectivity index (χ2v) is 6.42. The highest BCUT2D eigenvalue weighted by Crippen LogP contribution is 2.21. The van der Waals surface area contributed by atoms with E-state index in [0.29, 0.717) is 5.11 Å². The summed E-state index contributed by atoms with van der Waals surface area (Å²) in [4.78, 5) is 11.9. The van der Waals surface area contributed by atoms with Crippen LogP contribution >= 0.6 is 12.2 Å². The Hall–Kier alpha value is -2.60. The number of thiocarbonyl (C=S) groups is 1. The number of hydrazine groups is 1. The first-order chi connectivity index (χ1) is 11.8. The highest BCUT2D eigenvalue weighted by atomic mass is 32.1. The van der Waals surface area contributed by atoms with E-state index in [1.807, 2.05) is 58.0 Å². The van der Waals surface area contributed by atoms with E-state index in [1.165, 1.54) is 0 Å². The van der Waals surface area contributed by atoms with Gasteiger partial charge in [-0.15, -0.1) is 0 Å². The number of rotatable bonds is 4. The highest BCUT2D eigenvalue weighted by molar-refractivity contribution is 7.80. The Labute approximate surface area is 153 Å². The topological polar surface area (TPSA) is 62.4 Å². The van der Waals surface area contributed by atoms with Gasteiger partial charge < -0.3 is 10.1 Å². The Bertz CT molecular complexity index is 750. The summed E-state index contributed by atoms with van der Waals surface area (Å²) in [6.45, 7) is 7.83. The van der Waals surface area contributed by atoms with Gasteiger partial charge in [-0.05, 0) is 74.3 Å². The van der Waals surface area contributed by atoms with Gasteiger partial charge in [0.15, 0.2) is 11.7 Å². The lowest BCUT2D eigenvalue weighted by Gasteiger charge is -2.14. The van der Waals surface area contributed by atoms with Crippen LogP contribution in [0, 0.1) is 27.7 Å². The van der Waals surface area contributed by atoms with Crippen LogP contribution < -0.4 is 20.9 Å². The Kier molecular flexibility index (Phi) is 6.36. The molecule has 0 spiro atoms. The van der Waals surface area contributed by atoms with Gasteiger partial charge in [-0.1, -0.05) is 24.3 Å². The molecule has 0 heterocycles. The number of ether oxygens (including phenoxy) is 1. The summed E-state index contributed by atoms with van der Waals surface area (Å²) in [7, 11) is 0. The number of benzene rings is 2. The number of hydrogen-bond acceptors (Lipinski definition) is 3. The molecule has 25 heavy (non-hydrogen) atoms. The van der Waals surface area contributed by atoms with Crippen molar-refractivity contribution in [1.29, 1.82) is 0 Å². The number of para-hydroxylation sites is 1. The van der Waals surface area contributed by atoms with Crippen LogP contribution in [-0.2, 0) is 4.79 Å². The largest absolute Gasteiger partial charge is 0.483 e. The molecule has 0 bridgehead atoms. The summed E-state index contributed by atoms with van der Waals surface area (Å²) in [5, 5.41) is 3.35. The third-order valence-corrected chi connectivity index (χ3v) is 3.76. The first-order valence-corrected chi connectivity index (χ1v) is 8.39. The number of anilines is 1. The van der Waals surface area contributed by atoms with Crippen molar-refractivity contribution < 1.29 is 9.53 Å². The van der Waals surface area contributed by atoms with Crippen molar-refractivity contribution in [2.75, 3.05) is 11.9 Å². The predicted molar refractivity (Wildman–Crippen MR) is 105 cm³/mol. The lowest BCUT2D eigenvalue weighted by atomic mass is 10.1. The standard InChI is InChI=1S/C19H23N3O2S/c1-12-8-13(2)10-16(9-12)20-19(25)22-21-17(23)11-24-18-14(3)6-5-7-15(18)4/h5-10H,11H2,1-4H3,(H,21,23)(H2,20,22,25). The van der Waals surface area contributed by atoms with E-state index in [2.05, 4.69) is 22.2 Å². The Balaban J connectivity index is 1.80. The Morgan fingerprint density at radius 2 is 1.60 bits per heavy atom. The van der Waals surface area contributed by atoms with Gasteiger partial charge in [-0.3, -0.25) is 15.6 Å². The maximum Gasteiger partial charge on any atom is 0.276 e. The van der Waals surface area contributed by atoms with E-state index >= 15 is 0 Å². The van der Waals surface area contributed by atoms with Gasteiger partial charge in [0, 0.05) is 5.69 Å². The van der Waals surface area contributed by atoms with Crippen LogP contribution in [0.5, 0.6) is 5.75 Å². The SMILES string of the molecule is Cc1cc(C)cc(NC(=S)NNC(=O)COc2c(C)cccc2C)c1. The fraction of sp³-hybridized carbons (Fsp3) is 0.263. The Morgan fingerprint density at radius 3 is 2.20 bits per heavy atom. The molecule has 0 unspecified atom stereocenters. The minimum Gasteiger partial charge on any atom is -0.483 e. The maximum absolute atomic E-state index is 11.9. The summed E-state index contributed by atoms with van der Waals surface area (Å²) in [6.07, 6.45) is 0. The van der Waals surface area contributed by atoms with Gasteiger partial charge in [0.1, 0.15) is 5.75 Å². The second-order valence-electron chi connectivity index (χ2n) is 6.01. The average molecular weight is 357 g/mol. The quantitative estimate of drug-likeness (QED) is 0.579. The molecule has 132 valence electrons. The minimum absolute atomic E-state index is 0.0924. The summed E-state index contributed by atoms with van der Waals surface area (Å²) < 4.78 is 5.60. The molecule has 0 saturated carbocycles. The van der Waals surface area contributed by atoms with Crippen LogP contribution in [0.2, 0.25) is 0 Å². The highest BCUT2D eigenvalue weighted by Gasteiger charge is 2.07. The van der Waals surface area contributed by atoms with E-state index < -0.39 is 0 Å². The lowest BCUT2D eigenvalue weighted by Crippen LogP contribution is -2.45. The van der Waals surface area contributed by atoms with Crippen LogP contribution in [0.15, 0.2) is 36.4 Å². The molecular weight excluding hydrogens is 334 g/mol. The monoisotopic (exact) mass is 357 g/mol. The number of nitrogens with one attached hydrogen (secondary N) is 3. The van der Waals surface area contributed by atoms with E-state index in [1.54, 1.807) is 0 Å². The number of aryl methyl sites for hydroxylation is 4. The molecule has 2 aromatic carbocycles. The van der Waals surface area contributed by atoms with Crippen LogP contribution in [0.4, 0.5) is 5.69 Å².